The molecule has 0 unspecified atom stereocenters. The molecule has 0 spiro atoms. The number of nitrogens with zero attached hydrogens (tertiary/aromatic N) is 2. The van der Waals surface area contributed by atoms with Gasteiger partial charge in [0, 0.05) is 34.8 Å². The second-order valence-electron chi connectivity index (χ2n) is 10.1. The van der Waals surface area contributed by atoms with Crippen LogP contribution < -0.4 is 4.90 Å². The number of hydrogen-bond donors (Lipinski definition) is 0. The highest BCUT2D eigenvalue weighted by Gasteiger charge is 2.15. The van der Waals surface area contributed by atoms with E-state index in [-0.39, 0.29) is 0 Å². The van der Waals surface area contributed by atoms with Crippen molar-refractivity contribution in [3.63, 3.8) is 0 Å². The van der Waals surface area contributed by atoms with Crippen molar-refractivity contribution in [2.24, 2.45) is 0 Å². The smallest absolute Gasteiger partial charge is 0.0468 e. The molecule has 40 heavy (non-hydrogen) atoms. The molecule has 0 fully saturated rings. The van der Waals surface area contributed by atoms with Crippen LogP contribution in [0.5, 0.6) is 0 Å². The number of rotatable bonds is 5. The Bertz CT molecular complexity index is 1960. The van der Waals surface area contributed by atoms with Crippen molar-refractivity contribution in [2.45, 2.75) is 6.92 Å². The van der Waals surface area contributed by atoms with Gasteiger partial charge in [0.2, 0.25) is 0 Å². The Balaban J connectivity index is 1.32. The molecule has 190 valence electrons. The first-order valence-corrected chi connectivity index (χ1v) is 13.6. The molecule has 0 aliphatic heterocycles. The average Bonchev–Trinajstić information content (AvgIpc) is 3.02. The van der Waals surface area contributed by atoms with Gasteiger partial charge in [0.1, 0.15) is 0 Å². The summed E-state index contributed by atoms with van der Waals surface area (Å²) in [5.41, 5.74) is 9.64. The Morgan fingerprint density at radius 2 is 1.12 bits per heavy atom. The fourth-order valence-corrected chi connectivity index (χ4v) is 5.68. The summed E-state index contributed by atoms with van der Waals surface area (Å²) in [5.74, 6) is 0. The number of para-hydroxylation sites is 1. The molecular weight excluding hydrogens is 484 g/mol. The highest BCUT2D eigenvalue weighted by atomic mass is 15.1. The van der Waals surface area contributed by atoms with Crippen LogP contribution in [0.15, 0.2) is 152 Å². The number of pyridine rings is 1. The fourth-order valence-electron chi connectivity index (χ4n) is 5.68. The highest BCUT2D eigenvalue weighted by Crippen LogP contribution is 2.39. The molecule has 0 aliphatic carbocycles. The summed E-state index contributed by atoms with van der Waals surface area (Å²) >= 11 is 0. The molecule has 2 nitrogen and oxygen atoms in total. The number of aromatic nitrogens is 1. The van der Waals surface area contributed by atoms with E-state index in [1.54, 1.807) is 0 Å². The third kappa shape index (κ3) is 4.30. The molecule has 7 rings (SSSR count). The maximum absolute atomic E-state index is 4.28. The van der Waals surface area contributed by atoms with E-state index >= 15 is 0 Å². The van der Waals surface area contributed by atoms with E-state index in [1.165, 1.54) is 44.0 Å². The van der Waals surface area contributed by atoms with Crippen molar-refractivity contribution in [2.75, 3.05) is 4.90 Å². The molecule has 6 aromatic carbocycles. The van der Waals surface area contributed by atoms with Gasteiger partial charge in [-0.1, -0.05) is 97.1 Å². The Labute approximate surface area is 234 Å². The first kappa shape index (κ1) is 23.9. The van der Waals surface area contributed by atoms with Gasteiger partial charge < -0.3 is 4.90 Å². The minimum absolute atomic E-state index is 1.11. The first-order valence-electron chi connectivity index (χ1n) is 13.6. The van der Waals surface area contributed by atoms with Gasteiger partial charge in [-0.05, 0) is 93.4 Å². The van der Waals surface area contributed by atoms with E-state index in [0.717, 1.165) is 22.4 Å². The standard InChI is InChI=1S/C38H28N2/c1-27-9-5-6-12-34(27)38-22-21-35(36-13-7-8-14-37(36)38)28-15-18-32(19-16-28)40(31-10-3-2-4-11-31)33-20-17-30-26-39-24-23-29(30)25-33/h2-26H,1H3. The van der Waals surface area contributed by atoms with Gasteiger partial charge in [-0.2, -0.15) is 0 Å². The predicted octanol–water partition coefficient (Wildman–Crippen LogP) is 10.5. The van der Waals surface area contributed by atoms with Crippen LogP contribution in [0.1, 0.15) is 5.56 Å². The largest absolute Gasteiger partial charge is 0.310 e. The second kappa shape index (κ2) is 10.2. The van der Waals surface area contributed by atoms with Gasteiger partial charge in [0.05, 0.1) is 0 Å². The maximum Gasteiger partial charge on any atom is 0.0468 e. The zero-order valence-electron chi connectivity index (χ0n) is 22.3. The summed E-state index contributed by atoms with van der Waals surface area (Å²) in [6.45, 7) is 2.18. The van der Waals surface area contributed by atoms with Crippen LogP contribution in [0.2, 0.25) is 0 Å². The number of aryl methyl sites for hydroxylation is 1. The third-order valence-electron chi connectivity index (χ3n) is 7.69. The van der Waals surface area contributed by atoms with Crippen LogP contribution in [-0.4, -0.2) is 4.98 Å². The topological polar surface area (TPSA) is 16.1 Å². The average molecular weight is 513 g/mol. The molecular formula is C38H28N2. The number of anilines is 3. The molecule has 1 aromatic heterocycles. The summed E-state index contributed by atoms with van der Waals surface area (Å²) in [4.78, 5) is 6.59. The number of benzene rings is 6. The van der Waals surface area contributed by atoms with E-state index in [4.69, 9.17) is 0 Å². The van der Waals surface area contributed by atoms with Gasteiger partial charge in [-0.25, -0.2) is 0 Å². The molecule has 7 aromatic rings. The van der Waals surface area contributed by atoms with Gasteiger partial charge in [-0.15, -0.1) is 0 Å². The fraction of sp³-hybridized carbons (Fsp3) is 0.0263. The molecule has 0 N–H and O–H groups in total. The molecule has 0 amide bonds. The lowest BCUT2D eigenvalue weighted by atomic mass is 9.90. The van der Waals surface area contributed by atoms with Gasteiger partial charge >= 0.3 is 0 Å². The minimum Gasteiger partial charge on any atom is -0.310 e. The minimum atomic E-state index is 1.11. The molecule has 2 heteroatoms. The van der Waals surface area contributed by atoms with Crippen LogP contribution in [-0.2, 0) is 0 Å². The Hall–Kier alpha value is -5.21. The van der Waals surface area contributed by atoms with E-state index in [2.05, 4.69) is 156 Å². The van der Waals surface area contributed by atoms with E-state index in [9.17, 15) is 0 Å². The van der Waals surface area contributed by atoms with Crippen molar-refractivity contribution in [1.29, 1.82) is 0 Å². The molecule has 0 atom stereocenters. The van der Waals surface area contributed by atoms with Crippen LogP contribution in [0, 0.1) is 6.92 Å². The van der Waals surface area contributed by atoms with Crippen LogP contribution >= 0.6 is 0 Å². The summed E-state index contributed by atoms with van der Waals surface area (Å²) in [6, 6.07) is 50.0. The zero-order chi connectivity index (χ0) is 26.9. The lowest BCUT2D eigenvalue weighted by Gasteiger charge is -2.26. The second-order valence-corrected chi connectivity index (χ2v) is 10.1. The lowest BCUT2D eigenvalue weighted by molar-refractivity contribution is 1.29. The number of fused-ring (bicyclic) bond motifs is 2. The third-order valence-corrected chi connectivity index (χ3v) is 7.69. The predicted molar refractivity (Wildman–Crippen MR) is 170 cm³/mol. The zero-order valence-corrected chi connectivity index (χ0v) is 22.3. The van der Waals surface area contributed by atoms with Crippen LogP contribution in [0.25, 0.3) is 43.8 Å². The first-order chi connectivity index (χ1) is 19.8. The molecule has 0 radical (unpaired) electrons. The van der Waals surface area contributed by atoms with E-state index in [0.29, 0.717) is 0 Å². The summed E-state index contributed by atoms with van der Waals surface area (Å²) in [7, 11) is 0. The normalized spacial score (nSPS) is 11.1. The summed E-state index contributed by atoms with van der Waals surface area (Å²) < 4.78 is 0. The molecule has 0 saturated carbocycles. The van der Waals surface area contributed by atoms with Crippen molar-refractivity contribution in [3.05, 3.63) is 157 Å². The van der Waals surface area contributed by atoms with Crippen molar-refractivity contribution in [3.8, 4) is 22.3 Å². The van der Waals surface area contributed by atoms with Gasteiger partial charge in [0.25, 0.3) is 0 Å². The molecule has 0 bridgehead atoms. The lowest BCUT2D eigenvalue weighted by Crippen LogP contribution is -2.09. The van der Waals surface area contributed by atoms with Gasteiger partial charge in [0.15, 0.2) is 0 Å². The molecule has 0 saturated heterocycles. The monoisotopic (exact) mass is 512 g/mol. The van der Waals surface area contributed by atoms with Crippen LogP contribution in [0.4, 0.5) is 17.1 Å². The Morgan fingerprint density at radius 3 is 1.93 bits per heavy atom. The van der Waals surface area contributed by atoms with E-state index < -0.39 is 0 Å². The maximum atomic E-state index is 4.28. The summed E-state index contributed by atoms with van der Waals surface area (Å²) in [5, 5.41) is 4.84. The van der Waals surface area contributed by atoms with Crippen molar-refractivity contribution < 1.29 is 0 Å². The molecule has 0 aliphatic rings. The van der Waals surface area contributed by atoms with Crippen LogP contribution in [0.3, 0.4) is 0 Å². The summed E-state index contributed by atoms with van der Waals surface area (Å²) in [6.07, 6.45) is 3.76. The van der Waals surface area contributed by atoms with Gasteiger partial charge in [-0.3, -0.25) is 4.98 Å². The SMILES string of the molecule is Cc1ccccc1-c1ccc(-c2ccc(N(c3ccccc3)c3ccc4cnccc4c3)cc2)c2ccccc12. The quantitative estimate of drug-likeness (QED) is 0.228. The Morgan fingerprint density at radius 1 is 0.475 bits per heavy atom. The number of hydrogen-bond acceptors (Lipinski definition) is 2. The van der Waals surface area contributed by atoms with E-state index in [1.807, 2.05) is 12.4 Å². The van der Waals surface area contributed by atoms with Crippen molar-refractivity contribution in [1.82, 2.24) is 4.98 Å². The van der Waals surface area contributed by atoms with Crippen molar-refractivity contribution >= 4 is 38.6 Å². The molecule has 1 heterocycles. The Kier molecular flexibility index (Phi) is 6.07. The highest BCUT2D eigenvalue weighted by molar-refractivity contribution is 6.05.